The Bertz CT molecular complexity index is 912. The van der Waals surface area contributed by atoms with E-state index in [1.54, 1.807) is 35.2 Å². The van der Waals surface area contributed by atoms with Gasteiger partial charge in [0.1, 0.15) is 0 Å². The second-order valence-corrected chi connectivity index (χ2v) is 6.93. The Kier molecular flexibility index (Phi) is 5.50. The van der Waals surface area contributed by atoms with E-state index in [1.807, 2.05) is 0 Å². The third-order valence-electron chi connectivity index (χ3n) is 5.05. The molecule has 4 rings (SSSR count). The van der Waals surface area contributed by atoms with Crippen LogP contribution in [0.4, 0.5) is 10.1 Å². The van der Waals surface area contributed by atoms with Crippen molar-refractivity contribution < 1.29 is 28.2 Å². The summed E-state index contributed by atoms with van der Waals surface area (Å²) in [5, 5.41) is 2.89. The van der Waals surface area contributed by atoms with E-state index in [9.17, 15) is 14.0 Å². The molecule has 1 saturated heterocycles. The molecule has 2 aromatic carbocycles. The smallest absolute Gasteiger partial charge is 0.260 e. The monoisotopic (exact) mass is 400 g/mol. The number of carbonyl (C=O) groups is 2. The molecule has 0 aliphatic carbocycles. The summed E-state index contributed by atoms with van der Waals surface area (Å²) in [6.45, 7) is 0.867. The minimum Gasteiger partial charge on any atom is -0.481 e. The summed E-state index contributed by atoms with van der Waals surface area (Å²) in [6, 6.07) is 11.2. The molecule has 2 aliphatic rings. The standard InChI is InChI=1S/C21H21FN2O5/c22-16-3-1-2-4-17(16)27-12-20(25)24-9-7-14(8-10-24)21(26)23-15-5-6-18-19(11-15)29-13-28-18/h1-6,11,14H,7-10,12-13H2,(H,23,26). The minimum atomic E-state index is -0.501. The maximum atomic E-state index is 13.6. The van der Waals surface area contributed by atoms with Gasteiger partial charge in [0.25, 0.3) is 5.91 Å². The zero-order chi connectivity index (χ0) is 20.2. The van der Waals surface area contributed by atoms with Crippen LogP contribution in [-0.4, -0.2) is 43.2 Å². The average molecular weight is 400 g/mol. The zero-order valence-corrected chi connectivity index (χ0v) is 15.7. The molecule has 1 N–H and O–H groups in total. The number of anilines is 1. The summed E-state index contributed by atoms with van der Waals surface area (Å²) in [4.78, 5) is 26.5. The second kappa shape index (κ2) is 8.38. The van der Waals surface area contributed by atoms with Crippen molar-refractivity contribution >= 4 is 17.5 Å². The number of benzene rings is 2. The van der Waals surface area contributed by atoms with Crippen LogP contribution in [0.15, 0.2) is 42.5 Å². The first-order valence-electron chi connectivity index (χ1n) is 9.46. The summed E-state index contributed by atoms with van der Waals surface area (Å²) in [5.41, 5.74) is 0.649. The lowest BCUT2D eigenvalue weighted by atomic mass is 9.95. The van der Waals surface area contributed by atoms with Gasteiger partial charge in [-0.1, -0.05) is 12.1 Å². The number of hydrogen-bond acceptors (Lipinski definition) is 5. The highest BCUT2D eigenvalue weighted by atomic mass is 19.1. The molecule has 1 fully saturated rings. The predicted molar refractivity (Wildman–Crippen MR) is 102 cm³/mol. The number of halogens is 1. The van der Waals surface area contributed by atoms with E-state index in [4.69, 9.17) is 14.2 Å². The Morgan fingerprint density at radius 2 is 1.86 bits per heavy atom. The van der Waals surface area contributed by atoms with E-state index in [0.29, 0.717) is 43.1 Å². The molecule has 2 aliphatic heterocycles. The van der Waals surface area contributed by atoms with E-state index < -0.39 is 5.82 Å². The van der Waals surface area contributed by atoms with Crippen molar-refractivity contribution in [2.75, 3.05) is 31.8 Å². The van der Waals surface area contributed by atoms with Gasteiger partial charge in [-0.25, -0.2) is 4.39 Å². The van der Waals surface area contributed by atoms with E-state index in [0.717, 1.165) is 0 Å². The SMILES string of the molecule is O=C(Nc1ccc2c(c1)OCO2)C1CCN(C(=O)COc2ccccc2F)CC1. The molecule has 7 nitrogen and oxygen atoms in total. The molecule has 29 heavy (non-hydrogen) atoms. The quantitative estimate of drug-likeness (QED) is 0.835. The fraction of sp³-hybridized carbons (Fsp3) is 0.333. The van der Waals surface area contributed by atoms with Gasteiger partial charge in [-0.05, 0) is 37.1 Å². The molecule has 0 bridgehead atoms. The first-order chi connectivity index (χ1) is 14.1. The molecule has 2 aromatic rings. The lowest BCUT2D eigenvalue weighted by Gasteiger charge is -2.31. The van der Waals surface area contributed by atoms with E-state index in [-0.39, 0.29) is 36.9 Å². The summed E-state index contributed by atoms with van der Waals surface area (Å²) in [6.07, 6.45) is 1.11. The largest absolute Gasteiger partial charge is 0.481 e. The fourth-order valence-electron chi connectivity index (χ4n) is 3.40. The van der Waals surface area contributed by atoms with Gasteiger partial charge in [0.2, 0.25) is 12.7 Å². The number of likely N-dealkylation sites (tertiary alicyclic amines) is 1. The number of amides is 2. The highest BCUT2D eigenvalue weighted by Crippen LogP contribution is 2.34. The number of nitrogens with one attached hydrogen (secondary N) is 1. The van der Waals surface area contributed by atoms with Crippen molar-refractivity contribution in [1.82, 2.24) is 4.90 Å². The Labute approximate surface area is 167 Å². The van der Waals surface area contributed by atoms with Gasteiger partial charge < -0.3 is 24.4 Å². The third kappa shape index (κ3) is 4.42. The molecule has 0 aromatic heterocycles. The van der Waals surface area contributed by atoms with Crippen LogP contribution in [0.2, 0.25) is 0 Å². The van der Waals surface area contributed by atoms with Gasteiger partial charge in [-0.3, -0.25) is 9.59 Å². The lowest BCUT2D eigenvalue weighted by molar-refractivity contribution is -0.136. The maximum Gasteiger partial charge on any atom is 0.260 e. The van der Waals surface area contributed by atoms with Crippen LogP contribution in [0.1, 0.15) is 12.8 Å². The average Bonchev–Trinajstić information content (AvgIpc) is 3.21. The number of hydrogen-bond donors (Lipinski definition) is 1. The van der Waals surface area contributed by atoms with Crippen LogP contribution < -0.4 is 19.5 Å². The molecule has 0 radical (unpaired) electrons. The molecule has 8 heteroatoms. The molecule has 0 unspecified atom stereocenters. The highest BCUT2D eigenvalue weighted by molar-refractivity contribution is 5.93. The number of carbonyl (C=O) groups excluding carboxylic acids is 2. The van der Waals surface area contributed by atoms with Gasteiger partial charge in [0.05, 0.1) is 0 Å². The van der Waals surface area contributed by atoms with Crippen molar-refractivity contribution in [3.05, 3.63) is 48.3 Å². The molecule has 2 amide bonds. The van der Waals surface area contributed by atoms with E-state index in [2.05, 4.69) is 5.32 Å². The molecule has 0 saturated carbocycles. The topological polar surface area (TPSA) is 77.1 Å². The summed E-state index contributed by atoms with van der Waals surface area (Å²) >= 11 is 0. The number of piperidine rings is 1. The Balaban J connectivity index is 1.25. The lowest BCUT2D eigenvalue weighted by Crippen LogP contribution is -2.43. The number of fused-ring (bicyclic) bond motifs is 1. The molecular weight excluding hydrogens is 379 g/mol. The second-order valence-electron chi connectivity index (χ2n) is 6.93. The summed E-state index contributed by atoms with van der Waals surface area (Å²) < 4.78 is 29.4. The van der Waals surface area contributed by atoms with Crippen LogP contribution in [0.3, 0.4) is 0 Å². The Hall–Kier alpha value is -3.29. The Morgan fingerprint density at radius 3 is 2.66 bits per heavy atom. The Morgan fingerprint density at radius 1 is 1.10 bits per heavy atom. The van der Waals surface area contributed by atoms with Gasteiger partial charge in [-0.2, -0.15) is 0 Å². The van der Waals surface area contributed by atoms with Crippen LogP contribution in [0, 0.1) is 11.7 Å². The van der Waals surface area contributed by atoms with E-state index in [1.165, 1.54) is 12.1 Å². The summed E-state index contributed by atoms with van der Waals surface area (Å²) in [5.74, 6) is 0.335. The molecule has 2 heterocycles. The molecule has 152 valence electrons. The fourth-order valence-corrected chi connectivity index (χ4v) is 3.40. The number of rotatable bonds is 5. The van der Waals surface area contributed by atoms with Crippen molar-refractivity contribution in [3.8, 4) is 17.2 Å². The van der Waals surface area contributed by atoms with Crippen molar-refractivity contribution in [2.45, 2.75) is 12.8 Å². The summed E-state index contributed by atoms with van der Waals surface area (Å²) in [7, 11) is 0. The van der Waals surface area contributed by atoms with Crippen LogP contribution in [0.5, 0.6) is 17.2 Å². The van der Waals surface area contributed by atoms with Crippen molar-refractivity contribution in [2.24, 2.45) is 5.92 Å². The first-order valence-corrected chi connectivity index (χ1v) is 9.46. The van der Waals surface area contributed by atoms with Gasteiger partial charge in [0, 0.05) is 30.8 Å². The minimum absolute atomic E-state index is 0.0545. The molecule has 0 atom stereocenters. The van der Waals surface area contributed by atoms with Crippen molar-refractivity contribution in [1.29, 1.82) is 0 Å². The van der Waals surface area contributed by atoms with Gasteiger partial charge in [-0.15, -0.1) is 0 Å². The van der Waals surface area contributed by atoms with Crippen molar-refractivity contribution in [3.63, 3.8) is 0 Å². The van der Waals surface area contributed by atoms with Crippen LogP contribution >= 0.6 is 0 Å². The highest BCUT2D eigenvalue weighted by Gasteiger charge is 2.28. The van der Waals surface area contributed by atoms with E-state index >= 15 is 0 Å². The van der Waals surface area contributed by atoms with Crippen LogP contribution in [0.25, 0.3) is 0 Å². The third-order valence-corrected chi connectivity index (χ3v) is 5.05. The number of ether oxygens (including phenoxy) is 3. The first kappa shape index (κ1) is 19.0. The predicted octanol–water partition coefficient (Wildman–Crippen LogP) is 2.81. The number of nitrogens with zero attached hydrogens (tertiary/aromatic N) is 1. The molecular formula is C21H21FN2O5. The van der Waals surface area contributed by atoms with Gasteiger partial charge >= 0.3 is 0 Å². The maximum absolute atomic E-state index is 13.6. The molecule has 0 spiro atoms. The van der Waals surface area contributed by atoms with Crippen LogP contribution in [-0.2, 0) is 9.59 Å². The van der Waals surface area contributed by atoms with Gasteiger partial charge in [0.15, 0.2) is 29.7 Å². The number of para-hydroxylation sites is 1. The normalized spacial score (nSPS) is 15.8. The zero-order valence-electron chi connectivity index (χ0n) is 15.7.